The van der Waals surface area contributed by atoms with Crippen LogP contribution in [0.25, 0.3) is 0 Å². The number of aromatic hydroxyl groups is 1. The standard InChI is InChI=1S/C15H21NO3/c1-16-13(11-6-5-7-12(17)10-11)15(14(18)19)8-3-2-4-9-15/h5-7,10,13,16-17H,2-4,8-9H2,1H3,(H,18,19). The fraction of sp³-hybridized carbons (Fsp3) is 0.533. The highest BCUT2D eigenvalue weighted by atomic mass is 16.4. The van der Waals surface area contributed by atoms with Crippen molar-refractivity contribution in [1.29, 1.82) is 0 Å². The zero-order chi connectivity index (χ0) is 13.9. The van der Waals surface area contributed by atoms with Crippen LogP contribution in [0.15, 0.2) is 24.3 Å². The Bertz CT molecular complexity index is 452. The number of aliphatic carboxylic acids is 1. The molecule has 19 heavy (non-hydrogen) atoms. The maximum atomic E-state index is 11.8. The predicted octanol–water partition coefficient (Wildman–Crippen LogP) is 2.69. The molecule has 3 N–H and O–H groups in total. The lowest BCUT2D eigenvalue weighted by atomic mass is 9.67. The number of phenols is 1. The number of benzene rings is 1. The first-order chi connectivity index (χ1) is 9.10. The highest BCUT2D eigenvalue weighted by Gasteiger charge is 2.46. The number of hydrogen-bond acceptors (Lipinski definition) is 3. The molecule has 1 fully saturated rings. The minimum atomic E-state index is -0.763. The average molecular weight is 263 g/mol. The molecule has 1 aliphatic carbocycles. The van der Waals surface area contributed by atoms with Gasteiger partial charge in [-0.1, -0.05) is 31.4 Å². The second kappa shape index (κ2) is 5.61. The quantitative estimate of drug-likeness (QED) is 0.781. The first-order valence-electron chi connectivity index (χ1n) is 6.80. The molecule has 1 atom stereocenters. The van der Waals surface area contributed by atoms with E-state index in [9.17, 15) is 15.0 Å². The van der Waals surface area contributed by atoms with E-state index < -0.39 is 11.4 Å². The summed E-state index contributed by atoms with van der Waals surface area (Å²) < 4.78 is 0. The van der Waals surface area contributed by atoms with Crippen molar-refractivity contribution in [3.8, 4) is 5.75 Å². The lowest BCUT2D eigenvalue weighted by molar-refractivity contribution is -0.153. The highest BCUT2D eigenvalue weighted by Crippen LogP contribution is 2.46. The first kappa shape index (κ1) is 13.9. The lowest BCUT2D eigenvalue weighted by Gasteiger charge is -2.40. The van der Waals surface area contributed by atoms with Gasteiger partial charge in [-0.3, -0.25) is 4.79 Å². The maximum absolute atomic E-state index is 11.8. The van der Waals surface area contributed by atoms with E-state index in [2.05, 4.69) is 5.32 Å². The minimum Gasteiger partial charge on any atom is -0.508 e. The predicted molar refractivity (Wildman–Crippen MR) is 73.1 cm³/mol. The fourth-order valence-corrected chi connectivity index (χ4v) is 3.28. The van der Waals surface area contributed by atoms with Crippen LogP contribution in [0.1, 0.15) is 43.7 Å². The largest absolute Gasteiger partial charge is 0.508 e. The van der Waals surface area contributed by atoms with Gasteiger partial charge in [-0.15, -0.1) is 0 Å². The number of rotatable bonds is 4. The van der Waals surface area contributed by atoms with E-state index in [0.717, 1.165) is 24.8 Å². The molecule has 0 spiro atoms. The van der Waals surface area contributed by atoms with Crippen LogP contribution in [-0.4, -0.2) is 23.2 Å². The topological polar surface area (TPSA) is 69.6 Å². The summed E-state index contributed by atoms with van der Waals surface area (Å²) in [7, 11) is 1.79. The van der Waals surface area contributed by atoms with Gasteiger partial charge >= 0.3 is 5.97 Å². The van der Waals surface area contributed by atoms with Gasteiger partial charge in [0.2, 0.25) is 0 Å². The minimum absolute atomic E-state index is 0.175. The normalized spacial score (nSPS) is 19.8. The van der Waals surface area contributed by atoms with E-state index in [1.54, 1.807) is 25.2 Å². The van der Waals surface area contributed by atoms with Crippen molar-refractivity contribution < 1.29 is 15.0 Å². The van der Waals surface area contributed by atoms with Crippen molar-refractivity contribution in [3.63, 3.8) is 0 Å². The van der Waals surface area contributed by atoms with E-state index in [1.807, 2.05) is 6.07 Å². The monoisotopic (exact) mass is 263 g/mol. The first-order valence-corrected chi connectivity index (χ1v) is 6.80. The Morgan fingerprint density at radius 3 is 2.53 bits per heavy atom. The molecule has 0 saturated heterocycles. The molecular weight excluding hydrogens is 242 g/mol. The van der Waals surface area contributed by atoms with Gasteiger partial charge in [0.1, 0.15) is 5.75 Å². The van der Waals surface area contributed by atoms with E-state index in [-0.39, 0.29) is 11.8 Å². The molecule has 0 aromatic heterocycles. The molecule has 2 rings (SSSR count). The number of carboxylic acid groups (broad SMARTS) is 1. The Hall–Kier alpha value is -1.55. The lowest BCUT2D eigenvalue weighted by Crippen LogP contribution is -2.44. The molecule has 1 aromatic carbocycles. The summed E-state index contributed by atoms with van der Waals surface area (Å²) in [5.74, 6) is -0.566. The van der Waals surface area contributed by atoms with Crippen molar-refractivity contribution in [1.82, 2.24) is 5.32 Å². The second-order valence-electron chi connectivity index (χ2n) is 5.34. The molecular formula is C15H21NO3. The Morgan fingerprint density at radius 1 is 1.32 bits per heavy atom. The van der Waals surface area contributed by atoms with Gasteiger partial charge in [-0.25, -0.2) is 0 Å². The Kier molecular flexibility index (Phi) is 4.10. The van der Waals surface area contributed by atoms with Gasteiger partial charge < -0.3 is 15.5 Å². The van der Waals surface area contributed by atoms with Crippen LogP contribution in [0, 0.1) is 5.41 Å². The molecule has 0 heterocycles. The van der Waals surface area contributed by atoms with Crippen molar-refractivity contribution in [2.75, 3.05) is 7.05 Å². The molecule has 0 radical (unpaired) electrons. The highest BCUT2D eigenvalue weighted by molar-refractivity contribution is 5.76. The molecule has 4 nitrogen and oxygen atoms in total. The third-order valence-electron chi connectivity index (χ3n) is 4.22. The van der Waals surface area contributed by atoms with Gasteiger partial charge in [0.25, 0.3) is 0 Å². The van der Waals surface area contributed by atoms with Crippen molar-refractivity contribution in [3.05, 3.63) is 29.8 Å². The SMILES string of the molecule is CNC(c1cccc(O)c1)C1(C(=O)O)CCCCC1. The maximum Gasteiger partial charge on any atom is 0.311 e. The Balaban J connectivity index is 2.40. The Labute approximate surface area is 113 Å². The van der Waals surface area contributed by atoms with Gasteiger partial charge in [0.15, 0.2) is 0 Å². The average Bonchev–Trinajstić information content (AvgIpc) is 2.40. The zero-order valence-corrected chi connectivity index (χ0v) is 11.2. The Morgan fingerprint density at radius 2 is 2.00 bits per heavy atom. The molecule has 0 bridgehead atoms. The summed E-state index contributed by atoms with van der Waals surface area (Å²) >= 11 is 0. The van der Waals surface area contributed by atoms with E-state index in [1.165, 1.54) is 0 Å². The van der Waals surface area contributed by atoms with Crippen LogP contribution in [0.2, 0.25) is 0 Å². The van der Waals surface area contributed by atoms with Crippen LogP contribution >= 0.6 is 0 Å². The third kappa shape index (κ3) is 2.59. The van der Waals surface area contributed by atoms with E-state index in [4.69, 9.17) is 0 Å². The van der Waals surface area contributed by atoms with E-state index in [0.29, 0.717) is 12.8 Å². The van der Waals surface area contributed by atoms with Crippen LogP contribution < -0.4 is 5.32 Å². The summed E-state index contributed by atoms with van der Waals surface area (Å²) in [6, 6.07) is 6.62. The number of hydrogen-bond donors (Lipinski definition) is 3. The molecule has 1 aliphatic rings. The van der Waals surface area contributed by atoms with Crippen LogP contribution in [0.3, 0.4) is 0 Å². The van der Waals surface area contributed by atoms with Gasteiger partial charge in [-0.05, 0) is 37.6 Å². The molecule has 4 heteroatoms. The van der Waals surface area contributed by atoms with Gasteiger partial charge in [0, 0.05) is 6.04 Å². The molecule has 0 aliphatic heterocycles. The smallest absolute Gasteiger partial charge is 0.311 e. The van der Waals surface area contributed by atoms with Crippen molar-refractivity contribution in [2.45, 2.75) is 38.1 Å². The summed E-state index contributed by atoms with van der Waals surface area (Å²) in [6.07, 6.45) is 4.37. The van der Waals surface area contributed by atoms with Crippen molar-refractivity contribution in [2.24, 2.45) is 5.41 Å². The molecule has 1 saturated carbocycles. The number of nitrogens with one attached hydrogen (secondary N) is 1. The molecule has 1 unspecified atom stereocenters. The summed E-state index contributed by atoms with van der Waals surface area (Å²) in [4.78, 5) is 11.8. The number of phenolic OH excluding ortho intramolecular Hbond substituents is 1. The van der Waals surface area contributed by atoms with Crippen LogP contribution in [-0.2, 0) is 4.79 Å². The second-order valence-corrected chi connectivity index (χ2v) is 5.34. The zero-order valence-electron chi connectivity index (χ0n) is 11.2. The summed E-state index contributed by atoms with van der Waals surface area (Å²) in [5.41, 5.74) is 0.0765. The molecule has 1 aromatic rings. The third-order valence-corrected chi connectivity index (χ3v) is 4.22. The summed E-state index contributed by atoms with van der Waals surface area (Å²) in [6.45, 7) is 0. The van der Waals surface area contributed by atoms with Crippen LogP contribution in [0.5, 0.6) is 5.75 Å². The number of carbonyl (C=O) groups is 1. The van der Waals surface area contributed by atoms with Crippen molar-refractivity contribution >= 4 is 5.97 Å². The van der Waals surface area contributed by atoms with E-state index >= 15 is 0 Å². The summed E-state index contributed by atoms with van der Waals surface area (Å²) in [5, 5.41) is 22.5. The molecule has 0 amide bonds. The van der Waals surface area contributed by atoms with Gasteiger partial charge in [-0.2, -0.15) is 0 Å². The van der Waals surface area contributed by atoms with Crippen LogP contribution in [0.4, 0.5) is 0 Å². The number of carboxylic acids is 1. The fourth-order valence-electron chi connectivity index (χ4n) is 3.28. The van der Waals surface area contributed by atoms with Gasteiger partial charge in [0.05, 0.1) is 5.41 Å². The molecule has 104 valence electrons.